The summed E-state index contributed by atoms with van der Waals surface area (Å²) in [5.41, 5.74) is -0.378. The lowest BCUT2D eigenvalue weighted by atomic mass is 10.1. The maximum atomic E-state index is 12.8. The second kappa shape index (κ2) is 5.62. The zero-order valence-corrected chi connectivity index (χ0v) is 10.7. The molecule has 0 bridgehead atoms. The highest BCUT2D eigenvalue weighted by Gasteiger charge is 2.32. The predicted molar refractivity (Wildman–Crippen MR) is 67.6 cm³/mol. The number of nitrogens with zero attached hydrogens (tertiary/aromatic N) is 4. The first-order valence-electron chi connectivity index (χ1n) is 5.70. The number of nitriles is 1. The van der Waals surface area contributed by atoms with Crippen LogP contribution >= 0.6 is 0 Å². The van der Waals surface area contributed by atoms with Gasteiger partial charge in [0.15, 0.2) is 0 Å². The first kappa shape index (κ1) is 14.5. The Kier molecular flexibility index (Phi) is 3.89. The largest absolute Gasteiger partial charge is 0.416 e. The summed E-state index contributed by atoms with van der Waals surface area (Å²) in [5, 5.41) is 24.3. The topological polar surface area (TPSA) is 90.3 Å². The molecule has 0 aliphatic carbocycles. The normalized spacial score (nSPS) is 12.0. The van der Waals surface area contributed by atoms with Crippen LogP contribution in [0, 0.1) is 18.3 Å². The molecule has 0 unspecified atom stereocenters. The van der Waals surface area contributed by atoms with E-state index in [-0.39, 0.29) is 22.6 Å². The summed E-state index contributed by atoms with van der Waals surface area (Å²) in [7, 11) is 0. The van der Waals surface area contributed by atoms with Crippen LogP contribution in [0.1, 0.15) is 17.0 Å². The molecule has 9 heteroatoms. The van der Waals surface area contributed by atoms with Crippen LogP contribution in [0.3, 0.4) is 0 Å². The lowest BCUT2D eigenvalue weighted by Crippen LogP contribution is -2.08. The predicted octanol–water partition coefficient (Wildman–Crippen LogP) is 2.50. The minimum absolute atomic E-state index is 0.0397. The Bertz CT molecular complexity index is 697. The Morgan fingerprint density at radius 2 is 2.19 bits per heavy atom. The number of halogens is 3. The molecule has 1 aromatic heterocycles. The quantitative estimate of drug-likeness (QED) is 0.849. The third-order valence-electron chi connectivity index (χ3n) is 2.63. The van der Waals surface area contributed by atoms with Crippen LogP contribution in [0.15, 0.2) is 24.4 Å². The van der Waals surface area contributed by atoms with E-state index >= 15 is 0 Å². The average Bonchev–Trinajstić information content (AvgIpc) is 2.94. The van der Waals surface area contributed by atoms with Gasteiger partial charge in [0.1, 0.15) is 11.6 Å². The van der Waals surface area contributed by atoms with Gasteiger partial charge in [0.25, 0.3) is 0 Å². The van der Waals surface area contributed by atoms with Crippen molar-refractivity contribution in [1.29, 1.82) is 5.26 Å². The second-order valence-electron chi connectivity index (χ2n) is 4.08. The highest BCUT2D eigenvalue weighted by atomic mass is 19.4. The molecule has 2 rings (SSSR count). The number of anilines is 1. The molecule has 1 aromatic carbocycles. The molecule has 6 nitrogen and oxygen atoms in total. The van der Waals surface area contributed by atoms with Crippen molar-refractivity contribution in [2.24, 2.45) is 0 Å². The summed E-state index contributed by atoms with van der Waals surface area (Å²) < 4.78 is 38.4. The van der Waals surface area contributed by atoms with Crippen LogP contribution in [-0.2, 0) is 6.18 Å². The van der Waals surface area contributed by atoms with Gasteiger partial charge in [-0.1, -0.05) is 6.07 Å². The molecular formula is C12H9F3N6. The van der Waals surface area contributed by atoms with Crippen LogP contribution in [0.5, 0.6) is 0 Å². The molecule has 0 fully saturated rings. The van der Waals surface area contributed by atoms with Gasteiger partial charge >= 0.3 is 6.18 Å². The second-order valence-corrected chi connectivity index (χ2v) is 4.08. The van der Waals surface area contributed by atoms with Crippen LogP contribution in [0.25, 0.3) is 5.57 Å². The average molecular weight is 294 g/mol. The number of H-pyrrole nitrogens is 1. The summed E-state index contributed by atoms with van der Waals surface area (Å²) in [5.74, 6) is 0.0492. The Hall–Kier alpha value is -2.89. The zero-order chi connectivity index (χ0) is 15.5. The molecule has 2 N–H and O–H groups in total. The molecule has 108 valence electrons. The molecule has 0 aliphatic heterocycles. The maximum absolute atomic E-state index is 12.8. The molecule has 0 spiro atoms. The molecule has 21 heavy (non-hydrogen) atoms. The molecule has 0 aliphatic rings. The first-order valence-corrected chi connectivity index (χ1v) is 5.70. The van der Waals surface area contributed by atoms with Gasteiger partial charge in [0, 0.05) is 11.9 Å². The van der Waals surface area contributed by atoms with Gasteiger partial charge < -0.3 is 5.32 Å². The number of alkyl halides is 3. The SMILES string of the molecule is Cc1ccc(NC=C(C#N)c2nn[nH]n2)cc1C(F)(F)F. The van der Waals surface area contributed by atoms with E-state index in [4.69, 9.17) is 5.26 Å². The molecule has 0 amide bonds. The number of benzene rings is 1. The highest BCUT2D eigenvalue weighted by Crippen LogP contribution is 2.33. The molecule has 2 aromatic rings. The van der Waals surface area contributed by atoms with E-state index in [0.29, 0.717) is 0 Å². The van der Waals surface area contributed by atoms with Gasteiger partial charge in [-0.05, 0) is 29.8 Å². The van der Waals surface area contributed by atoms with Crippen molar-refractivity contribution < 1.29 is 13.2 Å². The fourth-order valence-corrected chi connectivity index (χ4v) is 1.60. The summed E-state index contributed by atoms with van der Waals surface area (Å²) >= 11 is 0. The number of hydrogen-bond donors (Lipinski definition) is 2. The van der Waals surface area contributed by atoms with E-state index in [2.05, 4.69) is 25.9 Å². The number of hydrogen-bond acceptors (Lipinski definition) is 5. The van der Waals surface area contributed by atoms with Gasteiger partial charge in [-0.25, -0.2) is 0 Å². The van der Waals surface area contributed by atoms with Crippen molar-refractivity contribution in [1.82, 2.24) is 20.6 Å². The van der Waals surface area contributed by atoms with Crippen molar-refractivity contribution >= 4 is 11.3 Å². The van der Waals surface area contributed by atoms with Crippen LogP contribution in [-0.4, -0.2) is 20.6 Å². The fourth-order valence-electron chi connectivity index (χ4n) is 1.60. The van der Waals surface area contributed by atoms with Crippen LogP contribution in [0.4, 0.5) is 18.9 Å². The molecule has 0 saturated heterocycles. The van der Waals surface area contributed by atoms with E-state index in [9.17, 15) is 13.2 Å². The number of allylic oxidation sites excluding steroid dienone is 1. The van der Waals surface area contributed by atoms with Gasteiger partial charge in [-0.3, -0.25) is 0 Å². The van der Waals surface area contributed by atoms with Gasteiger partial charge in [-0.2, -0.15) is 23.6 Å². The minimum Gasteiger partial charge on any atom is -0.360 e. The third-order valence-corrected chi connectivity index (χ3v) is 2.63. The lowest BCUT2D eigenvalue weighted by molar-refractivity contribution is -0.138. The standard InChI is InChI=1S/C12H9F3N6/c1-7-2-3-9(4-10(7)12(13,14)15)17-6-8(5-16)11-18-20-21-19-11/h2-4,6,17H,1H3,(H,18,19,20,21). The molecule has 0 atom stereocenters. The summed E-state index contributed by atoms with van der Waals surface area (Å²) in [6.45, 7) is 1.38. The summed E-state index contributed by atoms with van der Waals surface area (Å²) in [6, 6.07) is 5.62. The van der Waals surface area contributed by atoms with Gasteiger partial charge in [0.05, 0.1) is 5.56 Å². The fraction of sp³-hybridized carbons (Fsp3) is 0.167. The van der Waals surface area contributed by atoms with Gasteiger partial charge in [0.2, 0.25) is 5.82 Å². The number of aromatic amines is 1. The number of nitrogens with one attached hydrogen (secondary N) is 2. The van der Waals surface area contributed by atoms with Crippen molar-refractivity contribution in [2.45, 2.75) is 13.1 Å². The Labute approximate surface area is 117 Å². The zero-order valence-electron chi connectivity index (χ0n) is 10.7. The summed E-state index contributed by atoms with van der Waals surface area (Å²) in [4.78, 5) is 0. The Balaban J connectivity index is 2.27. The van der Waals surface area contributed by atoms with E-state index < -0.39 is 11.7 Å². The monoisotopic (exact) mass is 294 g/mol. The summed E-state index contributed by atoms with van der Waals surface area (Å²) in [6.07, 6.45) is -3.22. The van der Waals surface area contributed by atoms with Crippen molar-refractivity contribution in [3.63, 3.8) is 0 Å². The van der Waals surface area contributed by atoms with Gasteiger partial charge in [-0.15, -0.1) is 10.2 Å². The molecule has 0 radical (unpaired) electrons. The number of tetrazole rings is 1. The smallest absolute Gasteiger partial charge is 0.360 e. The van der Waals surface area contributed by atoms with Crippen molar-refractivity contribution in [3.05, 3.63) is 41.4 Å². The minimum atomic E-state index is -4.43. The Morgan fingerprint density at radius 1 is 1.43 bits per heavy atom. The maximum Gasteiger partial charge on any atom is 0.416 e. The number of aromatic nitrogens is 4. The van der Waals surface area contributed by atoms with Crippen LogP contribution < -0.4 is 5.32 Å². The van der Waals surface area contributed by atoms with E-state index in [1.807, 2.05) is 6.07 Å². The number of rotatable bonds is 3. The van der Waals surface area contributed by atoms with Crippen molar-refractivity contribution in [3.8, 4) is 6.07 Å². The number of aryl methyl sites for hydroxylation is 1. The molecular weight excluding hydrogens is 285 g/mol. The first-order chi connectivity index (χ1) is 9.91. The van der Waals surface area contributed by atoms with Crippen LogP contribution in [0.2, 0.25) is 0 Å². The third kappa shape index (κ3) is 3.36. The highest BCUT2D eigenvalue weighted by molar-refractivity contribution is 5.74. The van der Waals surface area contributed by atoms with Crippen molar-refractivity contribution in [2.75, 3.05) is 5.32 Å². The van der Waals surface area contributed by atoms with E-state index in [1.165, 1.54) is 25.3 Å². The van der Waals surface area contributed by atoms with E-state index in [0.717, 1.165) is 6.07 Å². The Morgan fingerprint density at radius 3 is 2.76 bits per heavy atom. The molecule has 0 saturated carbocycles. The molecule has 1 heterocycles. The lowest BCUT2D eigenvalue weighted by Gasteiger charge is -2.12. The van der Waals surface area contributed by atoms with E-state index in [1.54, 1.807) is 0 Å².